The number of amidine groups is 1. The van der Waals surface area contributed by atoms with Crippen LogP contribution in [0.3, 0.4) is 0 Å². The van der Waals surface area contributed by atoms with E-state index in [1.807, 2.05) is 6.92 Å². The van der Waals surface area contributed by atoms with E-state index in [9.17, 15) is 14.0 Å². The van der Waals surface area contributed by atoms with Gasteiger partial charge in [0, 0.05) is 6.20 Å². The minimum absolute atomic E-state index is 0.0993. The smallest absolute Gasteiger partial charge is 0.267 e. The highest BCUT2D eigenvalue weighted by molar-refractivity contribution is 8.15. The molecule has 0 saturated carbocycles. The van der Waals surface area contributed by atoms with E-state index >= 15 is 0 Å². The second-order valence-corrected chi connectivity index (χ2v) is 7.45. The van der Waals surface area contributed by atoms with Crippen LogP contribution < -0.4 is 11.1 Å². The number of amides is 2. The van der Waals surface area contributed by atoms with Gasteiger partial charge in [0.1, 0.15) is 16.3 Å². The molecule has 8 heteroatoms. The van der Waals surface area contributed by atoms with Crippen molar-refractivity contribution in [1.29, 1.82) is 0 Å². The molecule has 26 heavy (non-hydrogen) atoms. The Morgan fingerprint density at radius 3 is 2.69 bits per heavy atom. The molecule has 1 aromatic carbocycles. The van der Waals surface area contributed by atoms with Crippen molar-refractivity contribution in [3.8, 4) is 0 Å². The van der Waals surface area contributed by atoms with E-state index < -0.39 is 10.7 Å². The summed E-state index contributed by atoms with van der Waals surface area (Å²) < 4.78 is 12.1. The van der Waals surface area contributed by atoms with Crippen LogP contribution in [0.2, 0.25) is 0 Å². The average Bonchev–Trinajstić information content (AvgIpc) is 2.90. The van der Waals surface area contributed by atoms with Crippen LogP contribution in [0.4, 0.5) is 4.39 Å². The molecule has 2 atom stereocenters. The van der Waals surface area contributed by atoms with E-state index in [0.717, 1.165) is 5.56 Å². The van der Waals surface area contributed by atoms with E-state index in [0.29, 0.717) is 10.7 Å². The van der Waals surface area contributed by atoms with Crippen molar-refractivity contribution in [2.75, 3.05) is 0 Å². The summed E-state index contributed by atoms with van der Waals surface area (Å²) in [6, 6.07) is 9.00. The molecule has 0 spiro atoms. The van der Waals surface area contributed by atoms with Gasteiger partial charge in [0.25, 0.3) is 5.91 Å². The van der Waals surface area contributed by atoms with Crippen LogP contribution in [0.1, 0.15) is 41.5 Å². The molecule has 134 valence electrons. The lowest BCUT2D eigenvalue weighted by Crippen LogP contribution is -2.32. The van der Waals surface area contributed by atoms with Gasteiger partial charge < -0.3 is 11.1 Å². The van der Waals surface area contributed by atoms with Gasteiger partial charge in [0.2, 0.25) is 5.91 Å². The number of aromatic nitrogens is 1. The Hall–Kier alpha value is -2.74. The number of benzene rings is 1. The minimum atomic E-state index is -0.950. The van der Waals surface area contributed by atoms with Crippen LogP contribution in [-0.4, -0.2) is 22.0 Å². The number of pyridine rings is 1. The molecule has 2 heterocycles. The van der Waals surface area contributed by atoms with Crippen LogP contribution >= 0.6 is 11.8 Å². The Morgan fingerprint density at radius 2 is 2.04 bits per heavy atom. The van der Waals surface area contributed by atoms with Gasteiger partial charge >= 0.3 is 0 Å². The third-order valence-electron chi connectivity index (χ3n) is 4.18. The number of rotatable bonds is 4. The third kappa shape index (κ3) is 3.45. The second kappa shape index (κ2) is 6.87. The fraction of sp³-hybridized carbons (Fsp3) is 0.222. The highest BCUT2D eigenvalue weighted by Crippen LogP contribution is 2.41. The van der Waals surface area contributed by atoms with Gasteiger partial charge in [-0.2, -0.15) is 0 Å². The number of nitrogens with zero attached hydrogens (tertiary/aromatic N) is 2. The molecule has 0 radical (unpaired) electrons. The lowest BCUT2D eigenvalue weighted by molar-refractivity contribution is -0.121. The van der Waals surface area contributed by atoms with Crippen LogP contribution in [-0.2, 0) is 9.54 Å². The Labute approximate surface area is 154 Å². The number of aliphatic imine (C=N–C) groups is 1. The summed E-state index contributed by atoms with van der Waals surface area (Å²) in [5.41, 5.74) is 6.82. The number of nitrogens with one attached hydrogen (secondary N) is 1. The Kier molecular flexibility index (Phi) is 4.78. The van der Waals surface area contributed by atoms with Gasteiger partial charge in [-0.3, -0.25) is 19.6 Å². The Bertz CT molecular complexity index is 900. The summed E-state index contributed by atoms with van der Waals surface area (Å²) in [5.74, 6) is -1.21. The van der Waals surface area contributed by atoms with Crippen LogP contribution in [0, 0.1) is 5.82 Å². The van der Waals surface area contributed by atoms with Crippen LogP contribution in [0.25, 0.3) is 0 Å². The fourth-order valence-corrected chi connectivity index (χ4v) is 3.71. The number of carbonyl (C=O) groups is 2. The minimum Gasteiger partial charge on any atom is -0.364 e. The molecule has 1 aliphatic rings. The second-order valence-electron chi connectivity index (χ2n) is 6.05. The fourth-order valence-electron chi connectivity index (χ4n) is 2.58. The predicted molar refractivity (Wildman–Crippen MR) is 98.1 cm³/mol. The zero-order valence-electron chi connectivity index (χ0n) is 14.2. The van der Waals surface area contributed by atoms with Crippen molar-refractivity contribution in [2.45, 2.75) is 24.6 Å². The average molecular weight is 372 g/mol. The standard InChI is InChI=1S/C18H17FN4O2S/c1-10(11-3-5-13(19)6-4-11)22-17-23-16(25)18(2,26-17)12-7-8-21-14(9-12)15(20)24/h3-10H,1-2H3,(H2,20,24)(H,22,23,25)/t10-,18?/m0/s1. The van der Waals surface area contributed by atoms with Gasteiger partial charge in [-0.05, 0) is 49.2 Å². The van der Waals surface area contributed by atoms with Crippen molar-refractivity contribution in [2.24, 2.45) is 10.7 Å². The molecule has 6 nitrogen and oxygen atoms in total. The Balaban J connectivity index is 1.86. The normalized spacial score (nSPS) is 22.3. The number of thioether (sulfide) groups is 1. The van der Waals surface area contributed by atoms with E-state index in [1.54, 1.807) is 25.1 Å². The topological polar surface area (TPSA) is 97.4 Å². The highest BCUT2D eigenvalue weighted by Gasteiger charge is 2.44. The van der Waals surface area contributed by atoms with E-state index in [-0.39, 0.29) is 23.5 Å². The van der Waals surface area contributed by atoms with E-state index in [1.165, 1.54) is 36.2 Å². The van der Waals surface area contributed by atoms with Crippen LogP contribution in [0.15, 0.2) is 47.6 Å². The summed E-state index contributed by atoms with van der Waals surface area (Å²) in [5, 5.41) is 3.23. The number of hydrogen-bond acceptors (Lipinski definition) is 5. The van der Waals surface area contributed by atoms with Crippen molar-refractivity contribution in [3.63, 3.8) is 0 Å². The SMILES string of the molecule is C[C@H](N=C1NC(=O)C(C)(c2ccnc(C(N)=O)c2)S1)c1ccc(F)cc1. The van der Waals surface area contributed by atoms with Crippen molar-refractivity contribution < 1.29 is 14.0 Å². The van der Waals surface area contributed by atoms with Crippen LogP contribution in [0.5, 0.6) is 0 Å². The molecular weight excluding hydrogens is 355 g/mol. The molecule has 0 aliphatic carbocycles. The monoisotopic (exact) mass is 372 g/mol. The maximum Gasteiger partial charge on any atom is 0.267 e. The lowest BCUT2D eigenvalue weighted by Gasteiger charge is -2.19. The molecule has 1 unspecified atom stereocenters. The van der Waals surface area contributed by atoms with Gasteiger partial charge in [-0.1, -0.05) is 23.9 Å². The number of carbonyl (C=O) groups excluding carboxylic acids is 2. The maximum atomic E-state index is 13.1. The summed E-state index contributed by atoms with van der Waals surface area (Å²) in [6.07, 6.45) is 1.45. The zero-order valence-corrected chi connectivity index (χ0v) is 15.0. The van der Waals surface area contributed by atoms with Crippen molar-refractivity contribution >= 4 is 28.7 Å². The number of nitrogens with two attached hydrogens (primary N) is 1. The first-order valence-corrected chi connectivity index (χ1v) is 8.71. The summed E-state index contributed by atoms with van der Waals surface area (Å²) in [7, 11) is 0. The molecule has 3 N–H and O–H groups in total. The highest BCUT2D eigenvalue weighted by atomic mass is 32.2. The number of hydrogen-bond donors (Lipinski definition) is 2. The molecule has 0 bridgehead atoms. The first kappa shape index (κ1) is 18.1. The zero-order chi connectivity index (χ0) is 18.9. The summed E-state index contributed by atoms with van der Waals surface area (Å²) in [6.45, 7) is 3.61. The Morgan fingerprint density at radius 1 is 1.35 bits per heavy atom. The number of primary amides is 1. The number of halogens is 1. The molecule has 1 fully saturated rings. The van der Waals surface area contributed by atoms with Gasteiger partial charge in [-0.25, -0.2) is 4.39 Å². The first-order valence-electron chi connectivity index (χ1n) is 7.89. The maximum absolute atomic E-state index is 13.1. The van der Waals surface area contributed by atoms with Crippen molar-refractivity contribution in [3.05, 3.63) is 65.2 Å². The molecule has 1 aliphatic heterocycles. The summed E-state index contributed by atoms with van der Waals surface area (Å²) in [4.78, 5) is 32.3. The van der Waals surface area contributed by atoms with E-state index in [2.05, 4.69) is 15.3 Å². The van der Waals surface area contributed by atoms with Gasteiger partial charge in [-0.15, -0.1) is 0 Å². The predicted octanol–water partition coefficient (Wildman–Crippen LogP) is 2.52. The molecule has 2 aromatic rings. The summed E-state index contributed by atoms with van der Waals surface area (Å²) >= 11 is 1.26. The lowest BCUT2D eigenvalue weighted by atomic mass is 9.99. The quantitative estimate of drug-likeness (QED) is 0.862. The molecule has 2 amide bonds. The van der Waals surface area contributed by atoms with Gasteiger partial charge in [0.05, 0.1) is 6.04 Å². The van der Waals surface area contributed by atoms with Crippen molar-refractivity contribution in [1.82, 2.24) is 10.3 Å². The molecule has 1 saturated heterocycles. The van der Waals surface area contributed by atoms with Gasteiger partial charge in [0.15, 0.2) is 5.17 Å². The molecule has 1 aromatic heterocycles. The largest absolute Gasteiger partial charge is 0.364 e. The molecular formula is C18H17FN4O2S. The third-order valence-corrected chi connectivity index (χ3v) is 5.41. The van der Waals surface area contributed by atoms with E-state index in [4.69, 9.17) is 5.73 Å². The molecule has 3 rings (SSSR count). The first-order chi connectivity index (χ1) is 12.3.